The van der Waals surface area contributed by atoms with Crippen LogP contribution in [0.25, 0.3) is 0 Å². The summed E-state index contributed by atoms with van der Waals surface area (Å²) in [5.74, 6) is 0.668. The average Bonchev–Trinajstić information content (AvgIpc) is 2.98. The van der Waals surface area contributed by atoms with E-state index >= 15 is 0 Å². The Bertz CT molecular complexity index is 702. The lowest BCUT2D eigenvalue weighted by Gasteiger charge is -2.14. The first kappa shape index (κ1) is 13.6. The van der Waals surface area contributed by atoms with Gasteiger partial charge >= 0.3 is 0 Å². The predicted molar refractivity (Wildman–Crippen MR) is 83.0 cm³/mol. The van der Waals surface area contributed by atoms with E-state index in [1.54, 1.807) is 6.20 Å². The maximum atomic E-state index is 10.5. The molecule has 0 spiro atoms. The Hall–Kier alpha value is -2.39. The lowest BCUT2D eigenvalue weighted by molar-refractivity contribution is 0.205. The smallest absolute Gasteiger partial charge is 0.142 e. The summed E-state index contributed by atoms with van der Waals surface area (Å²) in [6, 6.07) is 18.0. The van der Waals surface area contributed by atoms with Crippen LogP contribution in [0.5, 0.6) is 0 Å². The minimum atomic E-state index is -0.702. The van der Waals surface area contributed by atoms with E-state index in [1.807, 2.05) is 41.1 Å². The zero-order valence-electron chi connectivity index (χ0n) is 12.0. The van der Waals surface area contributed by atoms with E-state index in [0.717, 1.165) is 5.56 Å². The van der Waals surface area contributed by atoms with Crippen LogP contribution in [0.4, 0.5) is 0 Å². The number of aryl methyl sites for hydroxylation is 1. The van der Waals surface area contributed by atoms with Crippen LogP contribution in [0, 0.1) is 6.92 Å². The monoisotopic (exact) mass is 278 g/mol. The second kappa shape index (κ2) is 5.94. The molecule has 1 heterocycles. The Balaban J connectivity index is 1.85. The van der Waals surface area contributed by atoms with E-state index in [9.17, 15) is 5.11 Å². The van der Waals surface area contributed by atoms with Crippen molar-refractivity contribution in [3.63, 3.8) is 0 Å². The van der Waals surface area contributed by atoms with Gasteiger partial charge in [0, 0.05) is 18.9 Å². The topological polar surface area (TPSA) is 38.0 Å². The molecule has 1 atom stereocenters. The van der Waals surface area contributed by atoms with Crippen LogP contribution in [0.2, 0.25) is 0 Å². The molecule has 0 aliphatic rings. The summed E-state index contributed by atoms with van der Waals surface area (Å²) in [7, 11) is 0. The van der Waals surface area contributed by atoms with Crippen LogP contribution in [0.15, 0.2) is 67.0 Å². The first-order chi connectivity index (χ1) is 10.2. The predicted octanol–water partition coefficient (Wildman–Crippen LogP) is 3.32. The fourth-order valence-electron chi connectivity index (χ4n) is 2.38. The second-order valence-corrected chi connectivity index (χ2v) is 5.21. The van der Waals surface area contributed by atoms with Gasteiger partial charge in [-0.3, -0.25) is 0 Å². The van der Waals surface area contributed by atoms with E-state index < -0.39 is 6.10 Å². The standard InChI is InChI=1S/C18H18N2O/c1-14-7-9-15(10-8-14)13-20-12-11-19-18(20)17(21)16-5-3-2-4-6-16/h2-12,17,21H,13H2,1H3. The number of imidazole rings is 1. The Morgan fingerprint density at radius 1 is 1.05 bits per heavy atom. The minimum Gasteiger partial charge on any atom is -0.380 e. The first-order valence-corrected chi connectivity index (χ1v) is 7.03. The van der Waals surface area contributed by atoms with Crippen molar-refractivity contribution >= 4 is 0 Å². The fraction of sp³-hybridized carbons (Fsp3) is 0.167. The lowest BCUT2D eigenvalue weighted by Crippen LogP contribution is -2.10. The molecule has 0 bridgehead atoms. The Morgan fingerprint density at radius 3 is 2.48 bits per heavy atom. The Morgan fingerprint density at radius 2 is 1.76 bits per heavy atom. The summed E-state index contributed by atoms with van der Waals surface area (Å²) in [6.45, 7) is 2.78. The van der Waals surface area contributed by atoms with Crippen molar-refractivity contribution in [2.24, 2.45) is 0 Å². The Kier molecular flexibility index (Phi) is 3.84. The number of nitrogens with zero attached hydrogens (tertiary/aromatic N) is 2. The number of aliphatic hydroxyl groups is 1. The largest absolute Gasteiger partial charge is 0.380 e. The number of hydrogen-bond donors (Lipinski definition) is 1. The molecule has 0 aliphatic carbocycles. The number of aromatic nitrogens is 2. The number of benzene rings is 2. The van der Waals surface area contributed by atoms with E-state index in [2.05, 4.69) is 36.2 Å². The second-order valence-electron chi connectivity index (χ2n) is 5.21. The van der Waals surface area contributed by atoms with E-state index in [1.165, 1.54) is 11.1 Å². The molecule has 0 saturated heterocycles. The van der Waals surface area contributed by atoms with Crippen LogP contribution < -0.4 is 0 Å². The van der Waals surface area contributed by atoms with Gasteiger partial charge in [-0.25, -0.2) is 4.98 Å². The normalized spacial score (nSPS) is 12.3. The molecule has 3 aromatic rings. The molecule has 0 saturated carbocycles. The molecular formula is C18H18N2O. The molecule has 2 aromatic carbocycles. The third-order valence-electron chi connectivity index (χ3n) is 3.58. The molecule has 0 fully saturated rings. The summed E-state index contributed by atoms with van der Waals surface area (Å²) >= 11 is 0. The van der Waals surface area contributed by atoms with E-state index in [4.69, 9.17) is 0 Å². The summed E-state index contributed by atoms with van der Waals surface area (Å²) in [4.78, 5) is 4.32. The molecule has 1 N–H and O–H groups in total. The molecule has 21 heavy (non-hydrogen) atoms. The molecule has 0 radical (unpaired) electrons. The SMILES string of the molecule is Cc1ccc(Cn2ccnc2C(O)c2ccccc2)cc1. The molecule has 3 heteroatoms. The lowest BCUT2D eigenvalue weighted by atomic mass is 10.1. The highest BCUT2D eigenvalue weighted by molar-refractivity contribution is 5.25. The van der Waals surface area contributed by atoms with Crippen molar-refractivity contribution in [3.05, 3.63) is 89.5 Å². The average molecular weight is 278 g/mol. The van der Waals surface area contributed by atoms with E-state index in [-0.39, 0.29) is 0 Å². The maximum absolute atomic E-state index is 10.5. The van der Waals surface area contributed by atoms with Gasteiger partial charge in [0.1, 0.15) is 11.9 Å². The van der Waals surface area contributed by atoms with Gasteiger partial charge in [-0.05, 0) is 18.1 Å². The molecule has 0 aliphatic heterocycles. The van der Waals surface area contributed by atoms with Gasteiger partial charge in [-0.1, -0.05) is 60.2 Å². The van der Waals surface area contributed by atoms with Crippen LogP contribution in [-0.4, -0.2) is 14.7 Å². The van der Waals surface area contributed by atoms with Crippen molar-refractivity contribution in [3.8, 4) is 0 Å². The highest BCUT2D eigenvalue weighted by atomic mass is 16.3. The van der Waals surface area contributed by atoms with Crippen molar-refractivity contribution in [2.75, 3.05) is 0 Å². The highest BCUT2D eigenvalue weighted by Crippen LogP contribution is 2.21. The zero-order valence-corrected chi connectivity index (χ0v) is 12.0. The van der Waals surface area contributed by atoms with E-state index in [0.29, 0.717) is 12.4 Å². The minimum absolute atomic E-state index is 0.668. The molecule has 1 unspecified atom stereocenters. The van der Waals surface area contributed by atoms with Crippen LogP contribution in [0.3, 0.4) is 0 Å². The molecule has 0 amide bonds. The van der Waals surface area contributed by atoms with Gasteiger partial charge in [-0.15, -0.1) is 0 Å². The molecule has 3 nitrogen and oxygen atoms in total. The van der Waals surface area contributed by atoms with Crippen LogP contribution >= 0.6 is 0 Å². The van der Waals surface area contributed by atoms with Crippen molar-refractivity contribution in [1.82, 2.24) is 9.55 Å². The number of aliphatic hydroxyl groups excluding tert-OH is 1. The summed E-state index contributed by atoms with van der Waals surface area (Å²) < 4.78 is 1.99. The van der Waals surface area contributed by atoms with Crippen molar-refractivity contribution in [1.29, 1.82) is 0 Å². The highest BCUT2D eigenvalue weighted by Gasteiger charge is 2.15. The van der Waals surface area contributed by atoms with Gasteiger partial charge in [0.2, 0.25) is 0 Å². The zero-order chi connectivity index (χ0) is 14.7. The van der Waals surface area contributed by atoms with Gasteiger partial charge in [-0.2, -0.15) is 0 Å². The van der Waals surface area contributed by atoms with Gasteiger partial charge < -0.3 is 9.67 Å². The number of hydrogen-bond acceptors (Lipinski definition) is 2. The quantitative estimate of drug-likeness (QED) is 0.795. The summed E-state index contributed by atoms with van der Waals surface area (Å²) in [5, 5.41) is 10.5. The molecule has 1 aromatic heterocycles. The third-order valence-corrected chi connectivity index (χ3v) is 3.58. The summed E-state index contributed by atoms with van der Waals surface area (Å²) in [6.07, 6.45) is 2.93. The number of rotatable bonds is 4. The van der Waals surface area contributed by atoms with Gasteiger partial charge in [0.05, 0.1) is 0 Å². The fourth-order valence-corrected chi connectivity index (χ4v) is 2.38. The first-order valence-electron chi connectivity index (χ1n) is 7.03. The third kappa shape index (κ3) is 3.03. The van der Waals surface area contributed by atoms with Crippen LogP contribution in [-0.2, 0) is 6.54 Å². The van der Waals surface area contributed by atoms with Crippen molar-refractivity contribution in [2.45, 2.75) is 19.6 Å². The molecule has 106 valence electrons. The Labute approximate surface area is 124 Å². The van der Waals surface area contributed by atoms with Crippen LogP contribution in [0.1, 0.15) is 28.6 Å². The molecular weight excluding hydrogens is 260 g/mol. The van der Waals surface area contributed by atoms with Gasteiger partial charge in [0.25, 0.3) is 0 Å². The molecule has 3 rings (SSSR count). The maximum Gasteiger partial charge on any atom is 0.142 e. The van der Waals surface area contributed by atoms with Gasteiger partial charge in [0.15, 0.2) is 0 Å². The van der Waals surface area contributed by atoms with Crippen molar-refractivity contribution < 1.29 is 5.11 Å². The summed E-state index contributed by atoms with van der Waals surface area (Å²) in [5.41, 5.74) is 3.29.